The van der Waals surface area contributed by atoms with E-state index in [2.05, 4.69) is 56.1 Å². The van der Waals surface area contributed by atoms with E-state index in [0.29, 0.717) is 0 Å². The summed E-state index contributed by atoms with van der Waals surface area (Å²) in [5.74, 6) is 1.71. The number of ether oxygens (including phenoxy) is 2. The molecule has 0 saturated heterocycles. The van der Waals surface area contributed by atoms with Crippen molar-refractivity contribution in [2.24, 2.45) is 0 Å². The van der Waals surface area contributed by atoms with Crippen LogP contribution in [0.2, 0.25) is 0 Å². The zero-order valence-electron chi connectivity index (χ0n) is 10.7. The Labute approximate surface area is 142 Å². The summed E-state index contributed by atoms with van der Waals surface area (Å²) in [6, 6.07) is 8.34. The van der Waals surface area contributed by atoms with Crippen LogP contribution in [0, 0.1) is 0 Å². The van der Waals surface area contributed by atoms with Gasteiger partial charge in [-0.15, -0.1) is 0 Å². The van der Waals surface area contributed by atoms with E-state index in [-0.39, 0.29) is 0 Å². The minimum Gasteiger partial charge on any atom is -0.496 e. The van der Waals surface area contributed by atoms with Gasteiger partial charge in [0.1, 0.15) is 11.5 Å². The number of benzene rings is 2. The second kappa shape index (κ2) is 5.83. The molecule has 0 N–H and O–H groups in total. The van der Waals surface area contributed by atoms with Crippen molar-refractivity contribution in [3.8, 4) is 11.5 Å². The summed E-state index contributed by atoms with van der Waals surface area (Å²) < 4.78 is 12.7. The lowest BCUT2D eigenvalue weighted by Crippen LogP contribution is -1.94. The minimum absolute atomic E-state index is 0.855. The molecule has 1 aliphatic heterocycles. The number of halogens is 2. The maximum absolute atomic E-state index is 5.36. The molecule has 3 rings (SSSR count). The van der Waals surface area contributed by atoms with Gasteiger partial charge in [-0.1, -0.05) is 23.5 Å². The first-order valence-electron chi connectivity index (χ1n) is 5.73. The van der Waals surface area contributed by atoms with Crippen LogP contribution >= 0.6 is 55.4 Å². The summed E-state index contributed by atoms with van der Waals surface area (Å²) in [5.41, 5.74) is 0. The van der Waals surface area contributed by atoms with Gasteiger partial charge >= 0.3 is 0 Å². The number of hydrogen-bond acceptors (Lipinski definition) is 4. The van der Waals surface area contributed by atoms with Gasteiger partial charge in [-0.3, -0.25) is 0 Å². The Morgan fingerprint density at radius 2 is 1.05 bits per heavy atom. The molecule has 0 aromatic heterocycles. The maximum atomic E-state index is 5.36. The smallest absolute Gasteiger partial charge is 0.134 e. The van der Waals surface area contributed by atoms with Gasteiger partial charge in [0.25, 0.3) is 0 Å². The van der Waals surface area contributed by atoms with E-state index < -0.39 is 0 Å². The van der Waals surface area contributed by atoms with Crippen molar-refractivity contribution in [1.82, 2.24) is 0 Å². The van der Waals surface area contributed by atoms with E-state index in [1.807, 2.05) is 0 Å². The molecular formula is C14H10Br2O2S2. The van der Waals surface area contributed by atoms with Crippen molar-refractivity contribution in [2.75, 3.05) is 14.2 Å². The first-order chi connectivity index (χ1) is 9.62. The molecule has 0 atom stereocenters. The summed E-state index contributed by atoms with van der Waals surface area (Å²) in [6.45, 7) is 0. The minimum atomic E-state index is 0.855. The molecule has 0 radical (unpaired) electrons. The van der Waals surface area contributed by atoms with Gasteiger partial charge in [0, 0.05) is 19.6 Å². The molecule has 0 aliphatic carbocycles. The van der Waals surface area contributed by atoms with Gasteiger partial charge in [-0.25, -0.2) is 0 Å². The summed E-state index contributed by atoms with van der Waals surface area (Å²) >= 11 is 10.6. The van der Waals surface area contributed by atoms with Crippen LogP contribution in [0.4, 0.5) is 0 Å². The van der Waals surface area contributed by atoms with Crippen molar-refractivity contribution < 1.29 is 9.47 Å². The lowest BCUT2D eigenvalue weighted by Gasteiger charge is -2.20. The van der Waals surface area contributed by atoms with Crippen LogP contribution in [0.3, 0.4) is 0 Å². The highest BCUT2D eigenvalue weighted by atomic mass is 79.9. The van der Waals surface area contributed by atoms with Crippen molar-refractivity contribution in [3.05, 3.63) is 33.2 Å². The largest absolute Gasteiger partial charge is 0.496 e. The molecule has 0 spiro atoms. The Bertz CT molecular complexity index is 630. The molecule has 2 aromatic rings. The molecule has 104 valence electrons. The van der Waals surface area contributed by atoms with Gasteiger partial charge in [0.2, 0.25) is 0 Å². The third-order valence-corrected chi connectivity index (χ3v) is 6.60. The fourth-order valence-electron chi connectivity index (χ4n) is 1.90. The van der Waals surface area contributed by atoms with Crippen LogP contribution in [0.1, 0.15) is 0 Å². The third-order valence-electron chi connectivity index (χ3n) is 2.88. The average molecular weight is 434 g/mol. The predicted molar refractivity (Wildman–Crippen MR) is 89.6 cm³/mol. The number of methoxy groups -OCH3 is 2. The van der Waals surface area contributed by atoms with Gasteiger partial charge < -0.3 is 9.47 Å². The first-order valence-corrected chi connectivity index (χ1v) is 8.95. The lowest BCUT2D eigenvalue weighted by molar-refractivity contribution is 0.410. The Hall–Kier alpha value is -0.300. The van der Waals surface area contributed by atoms with Gasteiger partial charge in [0.05, 0.1) is 23.2 Å². The van der Waals surface area contributed by atoms with E-state index in [1.165, 1.54) is 19.6 Å². The van der Waals surface area contributed by atoms with E-state index in [4.69, 9.17) is 9.47 Å². The first kappa shape index (κ1) is 14.6. The topological polar surface area (TPSA) is 18.5 Å². The molecule has 0 saturated carbocycles. The summed E-state index contributed by atoms with van der Waals surface area (Å²) in [7, 11) is 3.37. The van der Waals surface area contributed by atoms with E-state index in [9.17, 15) is 0 Å². The Balaban J connectivity index is 2.06. The van der Waals surface area contributed by atoms with Gasteiger partial charge in [-0.05, 0) is 56.1 Å². The number of fused-ring (bicyclic) bond motifs is 2. The van der Waals surface area contributed by atoms with Gasteiger partial charge in [0.15, 0.2) is 0 Å². The zero-order valence-corrected chi connectivity index (χ0v) is 15.5. The quantitative estimate of drug-likeness (QED) is 0.504. The van der Waals surface area contributed by atoms with Crippen LogP contribution in [-0.4, -0.2) is 14.2 Å². The monoisotopic (exact) mass is 432 g/mol. The Morgan fingerprint density at radius 1 is 0.700 bits per heavy atom. The fourth-order valence-corrected chi connectivity index (χ4v) is 5.51. The van der Waals surface area contributed by atoms with Crippen molar-refractivity contribution in [3.63, 3.8) is 0 Å². The van der Waals surface area contributed by atoms with E-state index in [0.717, 1.165) is 20.4 Å². The second-order valence-electron chi connectivity index (χ2n) is 4.07. The standard InChI is InChI=1S/C14H10Br2O2S2/c1-17-9-5-13-11(3-7(9)15)20-14-6-10(18-2)8(16)4-12(14)19-13/h3-6H,1-2H3. The molecule has 0 unspecified atom stereocenters. The van der Waals surface area contributed by atoms with Crippen molar-refractivity contribution >= 4 is 55.4 Å². The van der Waals surface area contributed by atoms with Crippen LogP contribution in [-0.2, 0) is 0 Å². The van der Waals surface area contributed by atoms with Gasteiger partial charge in [-0.2, -0.15) is 0 Å². The molecule has 6 heteroatoms. The van der Waals surface area contributed by atoms with Crippen LogP contribution in [0.15, 0.2) is 52.8 Å². The third kappa shape index (κ3) is 2.58. The van der Waals surface area contributed by atoms with Crippen LogP contribution < -0.4 is 9.47 Å². The molecular weight excluding hydrogens is 424 g/mol. The summed E-state index contributed by atoms with van der Waals surface area (Å²) in [4.78, 5) is 4.86. The molecule has 1 heterocycles. The normalized spacial score (nSPS) is 12.6. The van der Waals surface area contributed by atoms with E-state index in [1.54, 1.807) is 37.7 Å². The predicted octanol–water partition coefficient (Wildman–Crippen LogP) is 5.84. The lowest BCUT2D eigenvalue weighted by atomic mass is 10.3. The highest BCUT2D eigenvalue weighted by Crippen LogP contribution is 2.52. The Kier molecular flexibility index (Phi) is 4.26. The number of rotatable bonds is 2. The highest BCUT2D eigenvalue weighted by molar-refractivity contribution is 9.11. The SMILES string of the molecule is COc1cc2c(cc1Br)Sc1cc(OC)c(Br)cc1S2. The van der Waals surface area contributed by atoms with E-state index >= 15 is 0 Å². The molecule has 1 aliphatic rings. The van der Waals surface area contributed by atoms with Crippen LogP contribution in [0.25, 0.3) is 0 Å². The molecule has 20 heavy (non-hydrogen) atoms. The Morgan fingerprint density at radius 3 is 1.40 bits per heavy atom. The highest BCUT2D eigenvalue weighted by Gasteiger charge is 2.21. The zero-order chi connectivity index (χ0) is 14.3. The molecule has 2 nitrogen and oxygen atoms in total. The maximum Gasteiger partial charge on any atom is 0.134 e. The van der Waals surface area contributed by atoms with Crippen LogP contribution in [0.5, 0.6) is 11.5 Å². The molecule has 0 fully saturated rings. The molecule has 0 amide bonds. The fraction of sp³-hybridized carbons (Fsp3) is 0.143. The van der Waals surface area contributed by atoms with Crippen molar-refractivity contribution in [2.45, 2.75) is 19.6 Å². The summed E-state index contributed by atoms with van der Waals surface area (Å²) in [6.07, 6.45) is 0. The number of hydrogen-bond donors (Lipinski definition) is 0. The second-order valence-corrected chi connectivity index (χ2v) is 7.95. The molecule has 0 bridgehead atoms. The summed E-state index contributed by atoms with van der Waals surface area (Å²) in [5, 5.41) is 0. The molecule has 2 aromatic carbocycles. The van der Waals surface area contributed by atoms with Crippen molar-refractivity contribution in [1.29, 1.82) is 0 Å². The average Bonchev–Trinajstić information content (AvgIpc) is 2.44.